The topological polar surface area (TPSA) is 32.3 Å². The monoisotopic (exact) mass is 724 g/mol. The Bertz CT molecular complexity index is 3050. The van der Waals surface area contributed by atoms with Crippen molar-refractivity contribution >= 4 is 89.7 Å². The lowest BCUT2D eigenvalue weighted by atomic mass is 9.32. The Morgan fingerprint density at radius 3 is 1.39 bits per heavy atom. The van der Waals surface area contributed by atoms with Crippen molar-refractivity contribution in [2.24, 2.45) is 0 Å². The molecule has 2 aliphatic heterocycles. The van der Waals surface area contributed by atoms with Gasteiger partial charge in [-0.15, -0.1) is 0 Å². The Balaban J connectivity index is 1.25. The molecule has 0 atom stereocenters. The molecule has 0 saturated heterocycles. The number of aromatic nitrogens is 2. The summed E-state index contributed by atoms with van der Waals surface area (Å²) in [7, 11) is 0. The summed E-state index contributed by atoms with van der Waals surface area (Å²) in [4.78, 5) is 15.7. The SMILES string of the molecule is c1ccc(-c2nc(-c3cc4c5c(c3)N(c3ccccc3)c3ccc6ccccc6c3B5c3c(ccc5ccccc35)N4c3ccccc3)nc3ccccc23)cc1. The molecule has 0 saturated carbocycles. The molecule has 0 aliphatic carbocycles. The lowest BCUT2D eigenvalue weighted by Gasteiger charge is -2.45. The quantitative estimate of drug-likeness (QED) is 0.169. The van der Waals surface area contributed by atoms with Crippen LogP contribution >= 0.6 is 0 Å². The van der Waals surface area contributed by atoms with E-state index in [1.54, 1.807) is 0 Å². The zero-order valence-corrected chi connectivity index (χ0v) is 30.9. The molecular formula is C52H33BN4. The number of rotatable bonds is 4. The average molecular weight is 725 g/mol. The van der Waals surface area contributed by atoms with Gasteiger partial charge < -0.3 is 9.80 Å². The highest BCUT2D eigenvalue weighted by Crippen LogP contribution is 2.47. The van der Waals surface area contributed by atoms with Crippen LogP contribution in [0.2, 0.25) is 0 Å². The summed E-state index contributed by atoms with van der Waals surface area (Å²) < 4.78 is 0. The van der Waals surface area contributed by atoms with Gasteiger partial charge >= 0.3 is 0 Å². The van der Waals surface area contributed by atoms with E-state index in [4.69, 9.17) is 9.97 Å². The van der Waals surface area contributed by atoms with Gasteiger partial charge in [-0.25, -0.2) is 9.97 Å². The van der Waals surface area contributed by atoms with E-state index in [1.165, 1.54) is 49.3 Å². The maximum Gasteiger partial charge on any atom is 0.253 e. The van der Waals surface area contributed by atoms with Crippen LogP contribution in [0.3, 0.4) is 0 Å². The fraction of sp³-hybridized carbons (Fsp3) is 0. The van der Waals surface area contributed by atoms with Crippen molar-refractivity contribution in [3.63, 3.8) is 0 Å². The van der Waals surface area contributed by atoms with Gasteiger partial charge in [-0.2, -0.15) is 0 Å². The third-order valence-electron chi connectivity index (χ3n) is 11.8. The van der Waals surface area contributed by atoms with E-state index >= 15 is 0 Å². The molecule has 0 spiro atoms. The van der Waals surface area contributed by atoms with Crippen LogP contribution in [0, 0.1) is 0 Å². The maximum atomic E-state index is 5.42. The zero-order valence-electron chi connectivity index (χ0n) is 30.9. The minimum atomic E-state index is -0.0522. The first-order chi connectivity index (χ1) is 28.3. The number of benzene rings is 9. The van der Waals surface area contributed by atoms with E-state index in [2.05, 4.69) is 210 Å². The first-order valence-corrected chi connectivity index (χ1v) is 19.5. The first kappa shape index (κ1) is 31.8. The van der Waals surface area contributed by atoms with Crippen molar-refractivity contribution in [1.82, 2.24) is 9.97 Å². The number of para-hydroxylation sites is 3. The van der Waals surface area contributed by atoms with Gasteiger partial charge in [0.15, 0.2) is 5.82 Å². The van der Waals surface area contributed by atoms with Gasteiger partial charge in [-0.05, 0) is 92.5 Å². The molecule has 0 N–H and O–H groups in total. The lowest BCUT2D eigenvalue weighted by Crippen LogP contribution is -2.61. The smallest absolute Gasteiger partial charge is 0.253 e. The van der Waals surface area contributed by atoms with Gasteiger partial charge in [-0.3, -0.25) is 0 Å². The molecule has 5 heteroatoms. The molecule has 0 amide bonds. The highest BCUT2D eigenvalue weighted by Gasteiger charge is 2.45. The molecule has 12 rings (SSSR count). The highest BCUT2D eigenvalue weighted by atomic mass is 15.2. The second kappa shape index (κ2) is 12.5. The molecular weight excluding hydrogens is 691 g/mol. The third-order valence-corrected chi connectivity index (χ3v) is 11.8. The third kappa shape index (κ3) is 4.82. The van der Waals surface area contributed by atoms with E-state index in [-0.39, 0.29) is 6.71 Å². The Morgan fingerprint density at radius 2 is 0.825 bits per heavy atom. The van der Waals surface area contributed by atoms with Gasteiger partial charge in [-0.1, -0.05) is 146 Å². The molecule has 0 fully saturated rings. The standard InChI is InChI=1S/C52H33BN4/c1-4-18-36(19-5-1)51-42-26-14-15-27-43(42)54-52(55-51)37-32-46-50-47(33-37)57(39-22-8-3-9-23-39)45-31-29-35-17-11-13-25-41(35)49(45)53(50)48-40-24-12-10-16-34(40)28-30-44(48)56(46)38-20-6-2-7-21-38/h1-33H. The summed E-state index contributed by atoms with van der Waals surface area (Å²) in [6.45, 7) is -0.0522. The minimum absolute atomic E-state index is 0.0522. The molecule has 0 radical (unpaired) electrons. The Labute approximate surface area is 331 Å². The van der Waals surface area contributed by atoms with E-state index in [0.717, 1.165) is 50.5 Å². The first-order valence-electron chi connectivity index (χ1n) is 19.5. The van der Waals surface area contributed by atoms with E-state index in [1.807, 2.05) is 0 Å². The van der Waals surface area contributed by atoms with Crippen LogP contribution in [0.15, 0.2) is 200 Å². The Hall–Kier alpha value is -7.50. The van der Waals surface area contributed by atoms with Crippen LogP contribution < -0.4 is 26.2 Å². The molecule has 4 nitrogen and oxygen atoms in total. The summed E-state index contributed by atoms with van der Waals surface area (Å²) in [6, 6.07) is 72.1. The molecule has 0 bridgehead atoms. The number of anilines is 6. The van der Waals surface area contributed by atoms with Crippen LogP contribution in [0.5, 0.6) is 0 Å². The Kier molecular flexibility index (Phi) is 6.99. The molecule has 9 aromatic carbocycles. The average Bonchev–Trinajstić information content (AvgIpc) is 3.29. The molecule has 0 unspecified atom stereocenters. The van der Waals surface area contributed by atoms with Crippen LogP contribution in [0.1, 0.15) is 0 Å². The van der Waals surface area contributed by atoms with E-state index in [9.17, 15) is 0 Å². The predicted octanol–water partition coefficient (Wildman–Crippen LogP) is 11.4. The molecule has 2 aliphatic rings. The van der Waals surface area contributed by atoms with E-state index < -0.39 is 0 Å². The van der Waals surface area contributed by atoms with Gasteiger partial charge in [0, 0.05) is 50.6 Å². The van der Waals surface area contributed by atoms with Crippen molar-refractivity contribution in [3.8, 4) is 22.6 Å². The maximum absolute atomic E-state index is 5.42. The van der Waals surface area contributed by atoms with Crippen LogP contribution in [-0.2, 0) is 0 Å². The summed E-state index contributed by atoms with van der Waals surface area (Å²) in [5.74, 6) is 0.692. The highest BCUT2D eigenvalue weighted by molar-refractivity contribution is 7.02. The van der Waals surface area contributed by atoms with Crippen LogP contribution in [0.25, 0.3) is 55.1 Å². The summed E-state index contributed by atoms with van der Waals surface area (Å²) in [5, 5.41) is 6.02. The van der Waals surface area contributed by atoms with E-state index in [0.29, 0.717) is 5.82 Å². The molecule has 10 aromatic rings. The number of hydrogen-bond acceptors (Lipinski definition) is 4. The van der Waals surface area contributed by atoms with Gasteiger partial charge in [0.05, 0.1) is 11.2 Å². The van der Waals surface area contributed by atoms with Crippen molar-refractivity contribution in [1.29, 1.82) is 0 Å². The van der Waals surface area contributed by atoms with Crippen LogP contribution in [-0.4, -0.2) is 16.7 Å². The summed E-state index contributed by atoms with van der Waals surface area (Å²) in [6.07, 6.45) is 0. The minimum Gasteiger partial charge on any atom is -0.311 e. The predicted molar refractivity (Wildman–Crippen MR) is 239 cm³/mol. The molecule has 57 heavy (non-hydrogen) atoms. The fourth-order valence-electron chi connectivity index (χ4n) is 9.41. The second-order valence-corrected chi connectivity index (χ2v) is 14.9. The molecule has 1 aromatic heterocycles. The van der Waals surface area contributed by atoms with Gasteiger partial charge in [0.2, 0.25) is 0 Å². The normalized spacial score (nSPS) is 12.8. The molecule has 3 heterocycles. The van der Waals surface area contributed by atoms with Crippen molar-refractivity contribution < 1.29 is 0 Å². The summed E-state index contributed by atoms with van der Waals surface area (Å²) in [5.41, 5.74) is 14.6. The van der Waals surface area contributed by atoms with Crippen molar-refractivity contribution in [2.75, 3.05) is 9.80 Å². The van der Waals surface area contributed by atoms with Crippen molar-refractivity contribution in [2.45, 2.75) is 0 Å². The van der Waals surface area contributed by atoms with Gasteiger partial charge in [0.1, 0.15) is 0 Å². The largest absolute Gasteiger partial charge is 0.311 e. The number of hydrogen-bond donors (Lipinski definition) is 0. The van der Waals surface area contributed by atoms with Crippen LogP contribution in [0.4, 0.5) is 34.1 Å². The second-order valence-electron chi connectivity index (χ2n) is 14.9. The number of fused-ring (bicyclic) bond motifs is 9. The lowest BCUT2D eigenvalue weighted by molar-refractivity contribution is 1.21. The van der Waals surface area contributed by atoms with Crippen molar-refractivity contribution in [3.05, 3.63) is 200 Å². The summed E-state index contributed by atoms with van der Waals surface area (Å²) >= 11 is 0. The molecule has 264 valence electrons. The number of nitrogens with zero attached hydrogens (tertiary/aromatic N) is 4. The van der Waals surface area contributed by atoms with Gasteiger partial charge in [0.25, 0.3) is 6.71 Å². The fourth-order valence-corrected chi connectivity index (χ4v) is 9.41. The Morgan fingerprint density at radius 1 is 0.351 bits per heavy atom. The zero-order chi connectivity index (χ0) is 37.5.